The molecular formula is C20H36O5. The standard InChI is InChI=1S/C20H36O5/c1-2-3-6-10-16-17(19(23)14-18(16)22)13-12-15(21)9-7-4-5-8-11-20(24)25/h12-13,15-19,21-23H,2-11,14H2,1H3,(H,24,25)/b13-12+/t15-,16+,17-,18+,19-/m1/s1. The minimum absolute atomic E-state index is 0.0722. The molecule has 1 rings (SSSR count). The third-order valence-corrected chi connectivity index (χ3v) is 5.25. The maximum Gasteiger partial charge on any atom is 0.303 e. The Bertz CT molecular complexity index is 396. The lowest BCUT2D eigenvalue weighted by molar-refractivity contribution is -0.137. The van der Waals surface area contributed by atoms with Gasteiger partial charge in [0.25, 0.3) is 0 Å². The van der Waals surface area contributed by atoms with Crippen LogP contribution in [-0.2, 0) is 4.79 Å². The highest BCUT2D eigenvalue weighted by atomic mass is 16.4. The normalized spacial score (nSPS) is 27.8. The predicted molar refractivity (Wildman–Crippen MR) is 98.2 cm³/mol. The van der Waals surface area contributed by atoms with Crippen LogP contribution in [-0.4, -0.2) is 44.7 Å². The molecule has 5 atom stereocenters. The number of hydrogen-bond donors (Lipinski definition) is 4. The van der Waals surface area contributed by atoms with Crippen LogP contribution in [0.2, 0.25) is 0 Å². The molecule has 146 valence electrons. The Hall–Kier alpha value is -0.910. The van der Waals surface area contributed by atoms with Crippen molar-refractivity contribution in [2.75, 3.05) is 0 Å². The molecule has 4 N–H and O–H groups in total. The van der Waals surface area contributed by atoms with E-state index in [1.54, 1.807) is 6.08 Å². The zero-order chi connectivity index (χ0) is 18.7. The third-order valence-electron chi connectivity index (χ3n) is 5.25. The van der Waals surface area contributed by atoms with Crippen LogP contribution in [0.1, 0.15) is 77.6 Å². The van der Waals surface area contributed by atoms with Crippen molar-refractivity contribution < 1.29 is 25.2 Å². The van der Waals surface area contributed by atoms with Crippen LogP contribution in [0.25, 0.3) is 0 Å². The quantitative estimate of drug-likeness (QED) is 0.300. The number of aliphatic hydroxyl groups is 3. The number of aliphatic carboxylic acids is 1. The number of carboxylic acid groups (broad SMARTS) is 1. The van der Waals surface area contributed by atoms with Crippen molar-refractivity contribution in [1.82, 2.24) is 0 Å². The molecule has 0 aromatic rings. The van der Waals surface area contributed by atoms with Gasteiger partial charge < -0.3 is 20.4 Å². The molecule has 1 aliphatic rings. The van der Waals surface area contributed by atoms with Gasteiger partial charge in [-0.1, -0.05) is 57.6 Å². The molecular weight excluding hydrogens is 320 g/mol. The number of carbonyl (C=O) groups is 1. The second-order valence-corrected chi connectivity index (χ2v) is 7.41. The Labute approximate surface area is 151 Å². The summed E-state index contributed by atoms with van der Waals surface area (Å²) in [6.07, 6.45) is 11.0. The minimum Gasteiger partial charge on any atom is -0.481 e. The number of hydrogen-bond acceptors (Lipinski definition) is 4. The van der Waals surface area contributed by atoms with Crippen LogP contribution in [0.4, 0.5) is 0 Å². The van der Waals surface area contributed by atoms with Gasteiger partial charge >= 0.3 is 5.97 Å². The van der Waals surface area contributed by atoms with Crippen LogP contribution in [0.3, 0.4) is 0 Å². The molecule has 0 saturated heterocycles. The van der Waals surface area contributed by atoms with Gasteiger partial charge in [-0.05, 0) is 25.2 Å². The molecule has 0 bridgehead atoms. The maximum absolute atomic E-state index is 10.4. The molecule has 0 aliphatic heterocycles. The second kappa shape index (κ2) is 12.4. The van der Waals surface area contributed by atoms with E-state index in [0.29, 0.717) is 19.3 Å². The number of unbranched alkanes of at least 4 members (excludes halogenated alkanes) is 5. The van der Waals surface area contributed by atoms with Gasteiger partial charge in [0.1, 0.15) is 0 Å². The first-order valence-corrected chi connectivity index (χ1v) is 9.90. The van der Waals surface area contributed by atoms with E-state index in [0.717, 1.165) is 44.9 Å². The first kappa shape index (κ1) is 22.1. The average Bonchev–Trinajstić information content (AvgIpc) is 2.82. The Morgan fingerprint density at radius 3 is 2.48 bits per heavy atom. The Balaban J connectivity index is 2.31. The van der Waals surface area contributed by atoms with E-state index in [1.807, 2.05) is 6.08 Å². The highest BCUT2D eigenvalue weighted by Gasteiger charge is 2.39. The molecule has 0 aromatic heterocycles. The number of aliphatic hydroxyl groups excluding tert-OH is 3. The van der Waals surface area contributed by atoms with Gasteiger partial charge in [0.05, 0.1) is 18.3 Å². The average molecular weight is 357 g/mol. The zero-order valence-electron chi connectivity index (χ0n) is 15.5. The molecule has 1 aliphatic carbocycles. The van der Waals surface area contributed by atoms with Crippen molar-refractivity contribution in [3.8, 4) is 0 Å². The molecule has 1 saturated carbocycles. The summed E-state index contributed by atoms with van der Waals surface area (Å²) in [4.78, 5) is 10.4. The summed E-state index contributed by atoms with van der Waals surface area (Å²) in [6, 6.07) is 0. The Morgan fingerprint density at radius 1 is 1.08 bits per heavy atom. The molecule has 0 spiro atoms. The SMILES string of the molecule is CCCCC[C@H]1[C@@H](/C=C/[C@H](O)CCCCCCC(=O)O)[C@H](O)C[C@@H]1O. The third kappa shape index (κ3) is 8.84. The molecule has 0 amide bonds. The fourth-order valence-corrected chi connectivity index (χ4v) is 3.74. The molecule has 25 heavy (non-hydrogen) atoms. The fraction of sp³-hybridized carbons (Fsp3) is 0.850. The van der Waals surface area contributed by atoms with E-state index in [1.165, 1.54) is 0 Å². The highest BCUT2D eigenvalue weighted by Crippen LogP contribution is 2.37. The molecule has 1 fully saturated rings. The summed E-state index contributed by atoms with van der Waals surface area (Å²) in [7, 11) is 0. The van der Waals surface area contributed by atoms with Gasteiger partial charge in [0.2, 0.25) is 0 Å². The minimum atomic E-state index is -0.756. The van der Waals surface area contributed by atoms with Gasteiger partial charge in [-0.15, -0.1) is 0 Å². The summed E-state index contributed by atoms with van der Waals surface area (Å²) in [5.41, 5.74) is 0. The molecule has 5 nitrogen and oxygen atoms in total. The van der Waals surface area contributed by atoms with Crippen LogP contribution in [0, 0.1) is 11.8 Å². The second-order valence-electron chi connectivity index (χ2n) is 7.41. The van der Waals surface area contributed by atoms with Gasteiger partial charge in [-0.2, -0.15) is 0 Å². The van der Waals surface area contributed by atoms with Crippen LogP contribution < -0.4 is 0 Å². The molecule has 5 heteroatoms. The van der Waals surface area contributed by atoms with Gasteiger partial charge in [0, 0.05) is 18.8 Å². The summed E-state index contributed by atoms with van der Waals surface area (Å²) >= 11 is 0. The van der Waals surface area contributed by atoms with E-state index in [-0.39, 0.29) is 18.3 Å². The first-order valence-electron chi connectivity index (χ1n) is 9.90. The Morgan fingerprint density at radius 2 is 1.80 bits per heavy atom. The smallest absolute Gasteiger partial charge is 0.303 e. The van der Waals surface area contributed by atoms with Gasteiger partial charge in [-0.3, -0.25) is 4.79 Å². The van der Waals surface area contributed by atoms with E-state index < -0.39 is 24.3 Å². The summed E-state index contributed by atoms with van der Waals surface area (Å²) in [6.45, 7) is 2.15. The highest BCUT2D eigenvalue weighted by molar-refractivity contribution is 5.66. The topological polar surface area (TPSA) is 98.0 Å². The summed E-state index contributed by atoms with van der Waals surface area (Å²) in [5, 5.41) is 39.0. The lowest BCUT2D eigenvalue weighted by Crippen LogP contribution is -2.21. The van der Waals surface area contributed by atoms with Crippen molar-refractivity contribution in [3.63, 3.8) is 0 Å². The van der Waals surface area contributed by atoms with E-state index >= 15 is 0 Å². The van der Waals surface area contributed by atoms with E-state index in [2.05, 4.69) is 6.92 Å². The fourth-order valence-electron chi connectivity index (χ4n) is 3.74. The zero-order valence-corrected chi connectivity index (χ0v) is 15.5. The number of rotatable bonds is 13. The maximum atomic E-state index is 10.4. The molecule has 0 heterocycles. The summed E-state index contributed by atoms with van der Waals surface area (Å²) < 4.78 is 0. The first-order chi connectivity index (χ1) is 12.0. The van der Waals surface area contributed by atoms with Crippen molar-refractivity contribution in [3.05, 3.63) is 12.2 Å². The van der Waals surface area contributed by atoms with Crippen LogP contribution >= 0.6 is 0 Å². The predicted octanol–water partition coefficient (Wildman–Crippen LogP) is 3.27. The molecule has 0 aromatic carbocycles. The van der Waals surface area contributed by atoms with Crippen LogP contribution in [0.15, 0.2) is 12.2 Å². The summed E-state index contributed by atoms with van der Waals surface area (Å²) in [5.74, 6) is -0.744. The lowest BCUT2D eigenvalue weighted by Gasteiger charge is -2.21. The van der Waals surface area contributed by atoms with Crippen LogP contribution in [0.5, 0.6) is 0 Å². The molecule has 0 unspecified atom stereocenters. The largest absolute Gasteiger partial charge is 0.481 e. The number of carboxylic acids is 1. The van der Waals surface area contributed by atoms with Crippen molar-refractivity contribution >= 4 is 5.97 Å². The van der Waals surface area contributed by atoms with Crippen molar-refractivity contribution in [1.29, 1.82) is 0 Å². The van der Waals surface area contributed by atoms with E-state index in [9.17, 15) is 20.1 Å². The Kier molecular flexibility index (Phi) is 11.0. The van der Waals surface area contributed by atoms with Crippen molar-refractivity contribution in [2.45, 2.75) is 95.9 Å². The van der Waals surface area contributed by atoms with E-state index in [4.69, 9.17) is 5.11 Å². The molecule has 0 radical (unpaired) electrons. The van der Waals surface area contributed by atoms with Crippen molar-refractivity contribution in [2.24, 2.45) is 11.8 Å². The lowest BCUT2D eigenvalue weighted by atomic mass is 9.88. The van der Waals surface area contributed by atoms with Gasteiger partial charge in [0.15, 0.2) is 0 Å². The van der Waals surface area contributed by atoms with Gasteiger partial charge in [-0.25, -0.2) is 0 Å². The monoisotopic (exact) mass is 356 g/mol.